The van der Waals surface area contributed by atoms with Crippen molar-refractivity contribution in [1.29, 1.82) is 5.26 Å². The van der Waals surface area contributed by atoms with Gasteiger partial charge in [-0.15, -0.1) is 0 Å². The maximum atomic E-state index is 11.1. The molecule has 0 aliphatic carbocycles. The molecular formula is C13H15NO4. The van der Waals surface area contributed by atoms with Gasteiger partial charge < -0.3 is 15.3 Å². The zero-order valence-electron chi connectivity index (χ0n) is 10.2. The van der Waals surface area contributed by atoms with E-state index in [1.807, 2.05) is 0 Å². The molecule has 96 valence electrons. The molecule has 0 saturated heterocycles. The van der Waals surface area contributed by atoms with E-state index in [9.17, 15) is 15.0 Å². The molecule has 0 amide bonds. The number of aliphatic hydroxyl groups excluding tert-OH is 2. The van der Waals surface area contributed by atoms with Crippen molar-refractivity contribution in [3.8, 4) is 6.07 Å². The van der Waals surface area contributed by atoms with Crippen molar-refractivity contribution in [2.75, 3.05) is 0 Å². The summed E-state index contributed by atoms with van der Waals surface area (Å²) >= 11 is 0. The molecule has 18 heavy (non-hydrogen) atoms. The Hall–Kier alpha value is -1.90. The van der Waals surface area contributed by atoms with Crippen LogP contribution in [0.15, 0.2) is 24.3 Å². The van der Waals surface area contributed by atoms with Crippen LogP contribution < -0.4 is 0 Å². The standard InChI is InChI=1S/C13H15NO4/c1-13(2,12(17)18)9-5-3-8(4-6-9)11(16)10(15)7-14/h3-6,10-11,15-16H,1-2H3,(H,17,18). The normalized spacial score (nSPS) is 14.6. The highest BCUT2D eigenvalue weighted by Gasteiger charge is 2.29. The smallest absolute Gasteiger partial charge is 0.313 e. The van der Waals surface area contributed by atoms with E-state index in [-0.39, 0.29) is 0 Å². The summed E-state index contributed by atoms with van der Waals surface area (Å²) in [5.41, 5.74) is -0.0801. The van der Waals surface area contributed by atoms with E-state index in [1.165, 1.54) is 18.2 Å². The molecule has 0 aromatic heterocycles. The molecule has 5 heteroatoms. The fourth-order valence-electron chi connectivity index (χ4n) is 1.47. The number of carbonyl (C=O) groups is 1. The molecule has 2 atom stereocenters. The number of carboxylic acid groups (broad SMARTS) is 1. The van der Waals surface area contributed by atoms with E-state index in [0.29, 0.717) is 11.1 Å². The summed E-state index contributed by atoms with van der Waals surface area (Å²) in [4.78, 5) is 11.1. The van der Waals surface area contributed by atoms with Gasteiger partial charge in [0.05, 0.1) is 11.5 Å². The predicted octanol–water partition coefficient (Wildman–Crippen LogP) is 0.967. The lowest BCUT2D eigenvalue weighted by Crippen LogP contribution is -2.28. The number of rotatable bonds is 4. The largest absolute Gasteiger partial charge is 0.481 e. The van der Waals surface area contributed by atoms with E-state index in [2.05, 4.69) is 0 Å². The summed E-state index contributed by atoms with van der Waals surface area (Å²) in [6.07, 6.45) is -2.79. The third-order valence-corrected chi connectivity index (χ3v) is 2.94. The highest BCUT2D eigenvalue weighted by molar-refractivity contribution is 5.80. The van der Waals surface area contributed by atoms with Gasteiger partial charge in [0.15, 0.2) is 6.10 Å². The minimum Gasteiger partial charge on any atom is -0.481 e. The minimum atomic E-state index is -1.50. The average Bonchev–Trinajstić information content (AvgIpc) is 2.36. The molecular weight excluding hydrogens is 234 g/mol. The first-order chi connectivity index (χ1) is 8.30. The monoisotopic (exact) mass is 249 g/mol. The van der Waals surface area contributed by atoms with Gasteiger partial charge in [0.2, 0.25) is 0 Å². The molecule has 0 saturated carbocycles. The molecule has 0 fully saturated rings. The summed E-state index contributed by atoms with van der Waals surface area (Å²) in [5, 5.41) is 36.3. The Morgan fingerprint density at radius 1 is 1.28 bits per heavy atom. The highest BCUT2D eigenvalue weighted by Crippen LogP contribution is 2.25. The summed E-state index contributed by atoms with van der Waals surface area (Å²) < 4.78 is 0. The fraction of sp³-hybridized carbons (Fsp3) is 0.385. The van der Waals surface area contributed by atoms with Crippen molar-refractivity contribution in [2.45, 2.75) is 31.5 Å². The topological polar surface area (TPSA) is 102 Å². The Balaban J connectivity index is 3.01. The molecule has 0 radical (unpaired) electrons. The lowest BCUT2D eigenvalue weighted by molar-refractivity contribution is -0.142. The molecule has 0 aliphatic rings. The Morgan fingerprint density at radius 3 is 2.17 bits per heavy atom. The second-order valence-electron chi connectivity index (χ2n) is 4.57. The summed E-state index contributed by atoms with van der Waals surface area (Å²) in [6.45, 7) is 3.15. The summed E-state index contributed by atoms with van der Waals surface area (Å²) in [6, 6.07) is 7.68. The zero-order valence-corrected chi connectivity index (χ0v) is 10.2. The van der Waals surface area contributed by atoms with Crippen LogP contribution in [0.2, 0.25) is 0 Å². The first-order valence-electron chi connectivity index (χ1n) is 5.40. The maximum Gasteiger partial charge on any atom is 0.313 e. The number of aliphatic hydroxyl groups is 2. The van der Waals surface area contributed by atoms with E-state index in [0.717, 1.165) is 0 Å². The Morgan fingerprint density at radius 2 is 1.78 bits per heavy atom. The second kappa shape index (κ2) is 5.17. The SMILES string of the molecule is CC(C)(C(=O)O)c1ccc(C(O)C(O)C#N)cc1. The minimum absolute atomic E-state index is 0.369. The Kier molecular flexibility index (Phi) is 4.07. The summed E-state index contributed by atoms with van der Waals surface area (Å²) in [7, 11) is 0. The van der Waals surface area contributed by atoms with Crippen LogP contribution in [0, 0.1) is 11.3 Å². The van der Waals surface area contributed by atoms with Crippen LogP contribution in [0.4, 0.5) is 0 Å². The van der Waals surface area contributed by atoms with Gasteiger partial charge in [-0.25, -0.2) is 0 Å². The van der Waals surface area contributed by atoms with Crippen LogP contribution in [0.25, 0.3) is 0 Å². The first-order valence-corrected chi connectivity index (χ1v) is 5.40. The molecule has 0 spiro atoms. The fourth-order valence-corrected chi connectivity index (χ4v) is 1.47. The van der Waals surface area contributed by atoms with Crippen molar-refractivity contribution in [2.24, 2.45) is 0 Å². The van der Waals surface area contributed by atoms with Gasteiger partial charge in [-0.3, -0.25) is 4.79 Å². The van der Waals surface area contributed by atoms with Crippen molar-refractivity contribution in [1.82, 2.24) is 0 Å². The van der Waals surface area contributed by atoms with E-state index >= 15 is 0 Å². The first kappa shape index (κ1) is 14.2. The predicted molar refractivity (Wildman–Crippen MR) is 63.7 cm³/mol. The molecule has 2 unspecified atom stereocenters. The van der Waals surface area contributed by atoms with Gasteiger partial charge in [-0.2, -0.15) is 5.26 Å². The van der Waals surface area contributed by atoms with Gasteiger partial charge in [-0.05, 0) is 25.0 Å². The van der Waals surface area contributed by atoms with Crippen molar-refractivity contribution < 1.29 is 20.1 Å². The molecule has 1 rings (SSSR count). The average molecular weight is 249 g/mol. The molecule has 0 heterocycles. The van der Waals surface area contributed by atoms with Gasteiger partial charge in [0, 0.05) is 0 Å². The second-order valence-corrected chi connectivity index (χ2v) is 4.57. The number of hydrogen-bond donors (Lipinski definition) is 3. The third kappa shape index (κ3) is 2.67. The number of nitrogens with zero attached hydrogens (tertiary/aromatic N) is 1. The Bertz CT molecular complexity index is 473. The molecule has 1 aromatic carbocycles. The van der Waals surface area contributed by atoms with Crippen molar-refractivity contribution in [3.05, 3.63) is 35.4 Å². The number of nitriles is 1. The maximum absolute atomic E-state index is 11.1. The zero-order chi connectivity index (χ0) is 13.9. The molecule has 5 nitrogen and oxygen atoms in total. The van der Waals surface area contributed by atoms with Crippen LogP contribution in [0.3, 0.4) is 0 Å². The lowest BCUT2D eigenvalue weighted by Gasteiger charge is -2.20. The van der Waals surface area contributed by atoms with Crippen LogP contribution >= 0.6 is 0 Å². The number of benzene rings is 1. The van der Waals surface area contributed by atoms with Gasteiger partial charge in [0.25, 0.3) is 0 Å². The van der Waals surface area contributed by atoms with E-state index < -0.39 is 23.6 Å². The van der Waals surface area contributed by atoms with Crippen LogP contribution in [-0.4, -0.2) is 27.4 Å². The molecule has 0 bridgehead atoms. The van der Waals surface area contributed by atoms with Crippen molar-refractivity contribution in [3.63, 3.8) is 0 Å². The van der Waals surface area contributed by atoms with E-state index in [4.69, 9.17) is 10.4 Å². The van der Waals surface area contributed by atoms with Gasteiger partial charge in [-0.1, -0.05) is 24.3 Å². The van der Waals surface area contributed by atoms with Crippen molar-refractivity contribution >= 4 is 5.97 Å². The van der Waals surface area contributed by atoms with Crippen LogP contribution in [0.1, 0.15) is 31.1 Å². The van der Waals surface area contributed by atoms with Crippen LogP contribution in [0.5, 0.6) is 0 Å². The third-order valence-electron chi connectivity index (χ3n) is 2.94. The van der Waals surface area contributed by atoms with Gasteiger partial charge >= 0.3 is 5.97 Å². The Labute approximate surface area is 105 Å². The van der Waals surface area contributed by atoms with Crippen LogP contribution in [-0.2, 0) is 10.2 Å². The number of aliphatic carboxylic acids is 1. The molecule has 3 N–H and O–H groups in total. The summed E-state index contributed by atoms with van der Waals surface area (Å²) in [5.74, 6) is -0.951. The van der Waals surface area contributed by atoms with E-state index in [1.54, 1.807) is 26.0 Å². The number of carboxylic acids is 1. The quantitative estimate of drug-likeness (QED) is 0.690. The lowest BCUT2D eigenvalue weighted by atomic mass is 9.84. The van der Waals surface area contributed by atoms with Gasteiger partial charge in [0.1, 0.15) is 6.10 Å². The molecule has 1 aromatic rings. The number of hydrogen-bond acceptors (Lipinski definition) is 4. The molecule has 0 aliphatic heterocycles. The highest BCUT2D eigenvalue weighted by atomic mass is 16.4.